The van der Waals surface area contributed by atoms with Gasteiger partial charge in [-0.25, -0.2) is 0 Å². The average Bonchev–Trinajstić information content (AvgIpc) is 2.72. The van der Waals surface area contributed by atoms with E-state index in [9.17, 15) is 4.79 Å². The molecule has 0 radical (unpaired) electrons. The van der Waals surface area contributed by atoms with Gasteiger partial charge in [0.15, 0.2) is 0 Å². The molecule has 2 nitrogen and oxygen atoms in total. The molecule has 0 aromatic heterocycles. The summed E-state index contributed by atoms with van der Waals surface area (Å²) in [6.45, 7) is 3.91. The summed E-state index contributed by atoms with van der Waals surface area (Å²) in [6, 6.07) is 17.9. The van der Waals surface area contributed by atoms with Gasteiger partial charge in [-0.05, 0) is 49.8 Å². The Hall–Kier alpha value is -1.87. The normalized spacial score (nSPS) is 17.0. The van der Waals surface area contributed by atoms with E-state index in [-0.39, 0.29) is 5.91 Å². The summed E-state index contributed by atoms with van der Waals surface area (Å²) in [6.07, 6.45) is 2.05. The van der Waals surface area contributed by atoms with Gasteiger partial charge < -0.3 is 0 Å². The van der Waals surface area contributed by atoms with Crippen LogP contribution in [0, 0.1) is 5.41 Å². The third kappa shape index (κ3) is 2.54. The van der Waals surface area contributed by atoms with Crippen LogP contribution in [-0.2, 0) is 4.79 Å². The molecule has 0 saturated carbocycles. The molecule has 3 heteroatoms. The summed E-state index contributed by atoms with van der Waals surface area (Å²) in [5, 5.41) is 0. The second kappa shape index (κ2) is 5.15. The molecular weight excluding hydrogens is 326 g/mol. The standard InChI is InChI=1S/C18H16BrNO/c1-18(2)12-16(13-6-4-3-5-7-13)20(17(18)21)15-10-8-14(19)9-11-15/h3-12H,1-2H3. The summed E-state index contributed by atoms with van der Waals surface area (Å²) in [7, 11) is 0. The fraction of sp³-hybridized carbons (Fsp3) is 0.167. The van der Waals surface area contributed by atoms with E-state index in [4.69, 9.17) is 0 Å². The Morgan fingerprint density at radius 3 is 2.19 bits per heavy atom. The minimum Gasteiger partial charge on any atom is -0.280 e. The number of nitrogens with zero attached hydrogens (tertiary/aromatic N) is 1. The van der Waals surface area contributed by atoms with Gasteiger partial charge in [0.25, 0.3) is 0 Å². The highest BCUT2D eigenvalue weighted by Crippen LogP contribution is 2.40. The highest BCUT2D eigenvalue weighted by molar-refractivity contribution is 9.10. The monoisotopic (exact) mass is 341 g/mol. The Morgan fingerprint density at radius 1 is 0.952 bits per heavy atom. The number of benzene rings is 2. The van der Waals surface area contributed by atoms with E-state index in [1.807, 2.05) is 79.4 Å². The van der Waals surface area contributed by atoms with E-state index < -0.39 is 5.41 Å². The number of anilines is 1. The lowest BCUT2D eigenvalue weighted by Crippen LogP contribution is -2.32. The number of halogens is 1. The average molecular weight is 342 g/mol. The summed E-state index contributed by atoms with van der Waals surface area (Å²) >= 11 is 3.43. The number of hydrogen-bond donors (Lipinski definition) is 0. The largest absolute Gasteiger partial charge is 0.280 e. The predicted octanol–water partition coefficient (Wildman–Crippen LogP) is 4.86. The molecule has 0 aliphatic carbocycles. The minimum atomic E-state index is -0.488. The van der Waals surface area contributed by atoms with Crippen molar-refractivity contribution in [2.45, 2.75) is 13.8 Å². The molecule has 3 rings (SSSR count). The van der Waals surface area contributed by atoms with Crippen molar-refractivity contribution in [2.24, 2.45) is 5.41 Å². The third-order valence-corrected chi connectivity index (χ3v) is 4.18. The number of carbonyl (C=O) groups excluding carboxylic acids is 1. The summed E-state index contributed by atoms with van der Waals surface area (Å²) in [5.74, 6) is 0.101. The molecule has 1 amide bonds. The van der Waals surface area contributed by atoms with Gasteiger partial charge in [0.2, 0.25) is 5.91 Å². The molecule has 1 aliphatic rings. The molecule has 0 atom stereocenters. The van der Waals surface area contributed by atoms with Gasteiger partial charge in [-0.1, -0.05) is 46.3 Å². The van der Waals surface area contributed by atoms with Crippen LogP contribution in [0.15, 0.2) is 65.1 Å². The molecule has 1 aliphatic heterocycles. The Bertz CT molecular complexity index is 702. The topological polar surface area (TPSA) is 20.3 Å². The van der Waals surface area contributed by atoms with E-state index in [1.165, 1.54) is 0 Å². The van der Waals surface area contributed by atoms with E-state index >= 15 is 0 Å². The molecular formula is C18H16BrNO. The van der Waals surface area contributed by atoms with Gasteiger partial charge in [0, 0.05) is 10.2 Å². The van der Waals surface area contributed by atoms with Crippen molar-refractivity contribution in [3.05, 3.63) is 70.7 Å². The molecule has 0 saturated heterocycles. The molecule has 0 spiro atoms. The van der Waals surface area contributed by atoms with Crippen LogP contribution in [0.2, 0.25) is 0 Å². The number of hydrogen-bond acceptors (Lipinski definition) is 1. The van der Waals surface area contributed by atoms with Gasteiger partial charge in [0.1, 0.15) is 0 Å². The summed E-state index contributed by atoms with van der Waals surface area (Å²) in [4.78, 5) is 14.6. The van der Waals surface area contributed by atoms with E-state index in [2.05, 4.69) is 15.9 Å². The Balaban J connectivity index is 2.11. The highest BCUT2D eigenvalue weighted by atomic mass is 79.9. The van der Waals surface area contributed by atoms with Crippen molar-refractivity contribution in [3.8, 4) is 0 Å². The van der Waals surface area contributed by atoms with Crippen molar-refractivity contribution in [1.29, 1.82) is 0 Å². The van der Waals surface area contributed by atoms with E-state index in [0.29, 0.717) is 0 Å². The van der Waals surface area contributed by atoms with Crippen molar-refractivity contribution in [2.75, 3.05) is 4.90 Å². The molecule has 2 aromatic carbocycles. The van der Waals surface area contributed by atoms with Gasteiger partial charge in [-0.2, -0.15) is 0 Å². The molecule has 1 heterocycles. The van der Waals surface area contributed by atoms with Gasteiger partial charge in [0.05, 0.1) is 11.1 Å². The number of carbonyl (C=O) groups is 1. The Labute approximate surface area is 133 Å². The number of rotatable bonds is 2. The van der Waals surface area contributed by atoms with Crippen molar-refractivity contribution < 1.29 is 4.79 Å². The first-order valence-electron chi connectivity index (χ1n) is 6.87. The second-order valence-corrected chi connectivity index (χ2v) is 6.65. The minimum absolute atomic E-state index is 0.101. The maximum atomic E-state index is 12.8. The van der Waals surface area contributed by atoms with Crippen LogP contribution >= 0.6 is 15.9 Å². The van der Waals surface area contributed by atoms with Crippen molar-refractivity contribution in [1.82, 2.24) is 0 Å². The zero-order chi connectivity index (χ0) is 15.0. The third-order valence-electron chi connectivity index (χ3n) is 3.65. The maximum absolute atomic E-state index is 12.8. The first-order valence-corrected chi connectivity index (χ1v) is 7.67. The zero-order valence-corrected chi connectivity index (χ0v) is 13.6. The van der Waals surface area contributed by atoms with Crippen LogP contribution in [0.4, 0.5) is 5.69 Å². The SMILES string of the molecule is CC1(C)C=C(c2ccccc2)N(c2ccc(Br)cc2)C1=O. The first kappa shape index (κ1) is 14.1. The quantitative estimate of drug-likeness (QED) is 0.763. The smallest absolute Gasteiger partial charge is 0.241 e. The Kier molecular flexibility index (Phi) is 3.46. The van der Waals surface area contributed by atoms with Crippen LogP contribution in [0.3, 0.4) is 0 Å². The van der Waals surface area contributed by atoms with Gasteiger partial charge >= 0.3 is 0 Å². The highest BCUT2D eigenvalue weighted by Gasteiger charge is 2.40. The van der Waals surface area contributed by atoms with Crippen LogP contribution in [-0.4, -0.2) is 5.91 Å². The first-order chi connectivity index (χ1) is 9.99. The lowest BCUT2D eigenvalue weighted by atomic mass is 9.94. The van der Waals surface area contributed by atoms with Crippen LogP contribution in [0.5, 0.6) is 0 Å². The zero-order valence-electron chi connectivity index (χ0n) is 12.0. The van der Waals surface area contributed by atoms with Gasteiger partial charge in [-0.15, -0.1) is 0 Å². The lowest BCUT2D eigenvalue weighted by molar-refractivity contribution is -0.122. The van der Waals surface area contributed by atoms with Crippen LogP contribution in [0.25, 0.3) is 5.70 Å². The van der Waals surface area contributed by atoms with Crippen LogP contribution in [0.1, 0.15) is 19.4 Å². The summed E-state index contributed by atoms with van der Waals surface area (Å²) in [5.41, 5.74) is 2.41. The molecule has 21 heavy (non-hydrogen) atoms. The molecule has 0 fully saturated rings. The predicted molar refractivity (Wildman–Crippen MR) is 89.8 cm³/mol. The van der Waals surface area contributed by atoms with Crippen molar-refractivity contribution in [3.63, 3.8) is 0 Å². The fourth-order valence-corrected chi connectivity index (χ4v) is 2.80. The van der Waals surface area contributed by atoms with Crippen molar-refractivity contribution >= 4 is 33.2 Å². The molecule has 2 aromatic rings. The van der Waals surface area contributed by atoms with Crippen LogP contribution < -0.4 is 4.90 Å². The fourth-order valence-electron chi connectivity index (χ4n) is 2.53. The molecule has 0 unspecified atom stereocenters. The lowest BCUT2D eigenvalue weighted by Gasteiger charge is -2.23. The molecule has 106 valence electrons. The molecule has 0 bridgehead atoms. The summed E-state index contributed by atoms with van der Waals surface area (Å²) < 4.78 is 1.00. The number of amides is 1. The van der Waals surface area contributed by atoms with Gasteiger partial charge in [-0.3, -0.25) is 9.69 Å². The Morgan fingerprint density at radius 2 is 1.57 bits per heavy atom. The van der Waals surface area contributed by atoms with E-state index in [0.717, 1.165) is 21.4 Å². The van der Waals surface area contributed by atoms with E-state index in [1.54, 1.807) is 0 Å². The second-order valence-electron chi connectivity index (χ2n) is 5.73. The molecule has 0 N–H and O–H groups in total. The maximum Gasteiger partial charge on any atom is 0.241 e.